The number of likely N-dealkylation sites (tertiary alicyclic amines) is 1. The molecule has 1 amide bonds. The number of halogens is 1. The minimum Gasteiger partial charge on any atom is -0.497 e. The first-order valence-electron chi connectivity index (χ1n) is 10.7. The molecule has 0 bridgehead atoms. The zero-order chi connectivity index (χ0) is 22.1. The molecule has 1 saturated heterocycles. The van der Waals surface area contributed by atoms with Crippen molar-refractivity contribution >= 4 is 11.6 Å². The molecule has 1 aliphatic rings. The second kappa shape index (κ2) is 8.42. The fraction of sp³-hybridized carbons (Fsp3) is 0.240. The molecule has 0 unspecified atom stereocenters. The zero-order valence-electron chi connectivity index (χ0n) is 17.7. The summed E-state index contributed by atoms with van der Waals surface area (Å²) in [5.74, 6) is 1.17. The van der Waals surface area contributed by atoms with E-state index in [4.69, 9.17) is 14.8 Å². The largest absolute Gasteiger partial charge is 0.497 e. The van der Waals surface area contributed by atoms with Gasteiger partial charge in [0, 0.05) is 36.3 Å². The van der Waals surface area contributed by atoms with E-state index < -0.39 is 0 Å². The lowest BCUT2D eigenvalue weighted by Crippen LogP contribution is -2.39. The number of nitrogens with zero attached hydrogens (tertiary/aromatic N) is 4. The van der Waals surface area contributed by atoms with Gasteiger partial charge < -0.3 is 9.64 Å². The van der Waals surface area contributed by atoms with Crippen LogP contribution >= 0.6 is 0 Å². The first-order valence-corrected chi connectivity index (χ1v) is 10.7. The van der Waals surface area contributed by atoms with Gasteiger partial charge in [-0.3, -0.25) is 4.79 Å². The van der Waals surface area contributed by atoms with Gasteiger partial charge in [0.1, 0.15) is 11.6 Å². The van der Waals surface area contributed by atoms with Crippen molar-refractivity contribution in [2.24, 2.45) is 0 Å². The Hall–Kier alpha value is -3.74. The van der Waals surface area contributed by atoms with E-state index in [-0.39, 0.29) is 17.6 Å². The van der Waals surface area contributed by atoms with Crippen LogP contribution in [0.5, 0.6) is 5.75 Å². The Morgan fingerprint density at radius 2 is 1.94 bits per heavy atom. The van der Waals surface area contributed by atoms with Gasteiger partial charge in [-0.2, -0.15) is 5.10 Å². The molecule has 2 aromatic heterocycles. The second-order valence-corrected chi connectivity index (χ2v) is 8.02. The molecule has 0 radical (unpaired) electrons. The van der Waals surface area contributed by atoms with Gasteiger partial charge in [0.05, 0.1) is 7.11 Å². The summed E-state index contributed by atoms with van der Waals surface area (Å²) in [6, 6.07) is 17.6. The van der Waals surface area contributed by atoms with E-state index in [0.29, 0.717) is 18.7 Å². The molecule has 0 saturated carbocycles. The van der Waals surface area contributed by atoms with Crippen molar-refractivity contribution in [2.45, 2.75) is 18.8 Å². The lowest BCUT2D eigenvalue weighted by Gasteiger charge is -2.31. The fourth-order valence-electron chi connectivity index (χ4n) is 4.19. The minimum atomic E-state index is -0.347. The molecule has 3 heterocycles. The van der Waals surface area contributed by atoms with Crippen LogP contribution in [-0.4, -0.2) is 45.6 Å². The molecule has 6 nitrogen and oxygen atoms in total. The summed E-state index contributed by atoms with van der Waals surface area (Å²) in [6.45, 7) is 1.23. The zero-order valence-corrected chi connectivity index (χ0v) is 17.7. The highest BCUT2D eigenvalue weighted by Gasteiger charge is 2.28. The third-order valence-electron chi connectivity index (χ3n) is 5.92. The van der Waals surface area contributed by atoms with Gasteiger partial charge in [0.25, 0.3) is 5.91 Å². The maximum atomic E-state index is 13.2. The van der Waals surface area contributed by atoms with Crippen LogP contribution in [0.4, 0.5) is 4.39 Å². The van der Waals surface area contributed by atoms with Crippen molar-refractivity contribution < 1.29 is 13.9 Å². The lowest BCUT2D eigenvalue weighted by molar-refractivity contribution is 0.0704. The van der Waals surface area contributed by atoms with Crippen LogP contribution in [0.2, 0.25) is 0 Å². The number of methoxy groups -OCH3 is 1. The van der Waals surface area contributed by atoms with E-state index in [2.05, 4.69) is 0 Å². The van der Waals surface area contributed by atoms with Crippen molar-refractivity contribution in [1.29, 1.82) is 0 Å². The van der Waals surface area contributed by atoms with Crippen molar-refractivity contribution in [3.63, 3.8) is 0 Å². The van der Waals surface area contributed by atoms with Gasteiger partial charge in [0.15, 0.2) is 11.5 Å². The monoisotopic (exact) mass is 430 g/mol. The van der Waals surface area contributed by atoms with E-state index in [0.717, 1.165) is 41.2 Å². The van der Waals surface area contributed by atoms with Gasteiger partial charge in [-0.05, 0) is 66.9 Å². The van der Waals surface area contributed by atoms with Gasteiger partial charge in [-0.1, -0.05) is 12.1 Å². The van der Waals surface area contributed by atoms with Gasteiger partial charge in [-0.15, -0.1) is 0 Å². The van der Waals surface area contributed by atoms with Crippen LogP contribution in [0.25, 0.3) is 16.8 Å². The Kier molecular flexibility index (Phi) is 5.31. The van der Waals surface area contributed by atoms with E-state index in [1.165, 1.54) is 24.3 Å². The number of amides is 1. The standard InChI is InChI=1S/C25H23FN4O2/c1-32-22-6-2-4-18(14-22)19-9-12-23-27-24(28-30(23)16-19)20-5-3-13-29(15-20)25(31)17-7-10-21(26)11-8-17/h2,4,6-12,14,16,20H,3,5,13,15H2,1H3/t20-/m0/s1. The predicted octanol–water partition coefficient (Wildman–Crippen LogP) is 4.56. The highest BCUT2D eigenvalue weighted by Crippen LogP contribution is 2.28. The van der Waals surface area contributed by atoms with Crippen molar-refractivity contribution in [1.82, 2.24) is 19.5 Å². The van der Waals surface area contributed by atoms with Crippen molar-refractivity contribution in [3.05, 3.63) is 84.1 Å². The number of carbonyl (C=O) groups excluding carboxylic acids is 1. The summed E-state index contributed by atoms with van der Waals surface area (Å²) < 4.78 is 20.3. The second-order valence-electron chi connectivity index (χ2n) is 8.02. The first kappa shape index (κ1) is 20.2. The minimum absolute atomic E-state index is 0.0633. The van der Waals surface area contributed by atoms with Crippen LogP contribution in [0.3, 0.4) is 0 Å². The number of ether oxygens (including phenoxy) is 1. The first-order chi connectivity index (χ1) is 15.6. The molecular weight excluding hydrogens is 407 g/mol. The summed E-state index contributed by atoms with van der Waals surface area (Å²) in [6.07, 6.45) is 3.76. The Labute approximate surface area is 185 Å². The predicted molar refractivity (Wildman–Crippen MR) is 119 cm³/mol. The maximum absolute atomic E-state index is 13.2. The number of pyridine rings is 1. The Balaban J connectivity index is 1.38. The third kappa shape index (κ3) is 3.93. The Morgan fingerprint density at radius 1 is 1.09 bits per heavy atom. The molecule has 32 heavy (non-hydrogen) atoms. The van der Waals surface area contributed by atoms with E-state index in [1.807, 2.05) is 47.5 Å². The molecule has 1 atom stereocenters. The molecule has 0 aliphatic carbocycles. The number of hydrogen-bond donors (Lipinski definition) is 0. The fourth-order valence-corrected chi connectivity index (χ4v) is 4.19. The smallest absolute Gasteiger partial charge is 0.253 e. The van der Waals surface area contributed by atoms with E-state index >= 15 is 0 Å². The quantitative estimate of drug-likeness (QED) is 0.476. The summed E-state index contributed by atoms with van der Waals surface area (Å²) in [5, 5.41) is 4.73. The lowest BCUT2D eigenvalue weighted by atomic mass is 9.96. The number of hydrogen-bond acceptors (Lipinski definition) is 4. The topological polar surface area (TPSA) is 59.7 Å². The molecule has 7 heteroatoms. The molecule has 1 fully saturated rings. The van der Waals surface area contributed by atoms with Crippen molar-refractivity contribution in [2.75, 3.05) is 20.2 Å². The molecule has 162 valence electrons. The van der Waals surface area contributed by atoms with Gasteiger partial charge in [0.2, 0.25) is 0 Å². The molecule has 4 aromatic rings. The number of fused-ring (bicyclic) bond motifs is 1. The molecule has 0 N–H and O–H groups in total. The molecule has 0 spiro atoms. The molecule has 2 aromatic carbocycles. The average molecular weight is 430 g/mol. The van der Waals surface area contributed by atoms with Crippen molar-refractivity contribution in [3.8, 4) is 16.9 Å². The van der Waals surface area contributed by atoms with Crippen LogP contribution in [-0.2, 0) is 0 Å². The maximum Gasteiger partial charge on any atom is 0.253 e. The van der Waals surface area contributed by atoms with Gasteiger partial charge >= 0.3 is 0 Å². The number of aromatic nitrogens is 3. The third-order valence-corrected chi connectivity index (χ3v) is 5.92. The highest BCUT2D eigenvalue weighted by molar-refractivity contribution is 5.94. The number of rotatable bonds is 4. The number of benzene rings is 2. The summed E-state index contributed by atoms with van der Waals surface area (Å²) >= 11 is 0. The number of carbonyl (C=O) groups is 1. The highest BCUT2D eigenvalue weighted by atomic mass is 19.1. The van der Waals surface area contributed by atoms with Crippen LogP contribution in [0, 0.1) is 5.82 Å². The van der Waals surface area contributed by atoms with E-state index in [9.17, 15) is 9.18 Å². The number of piperidine rings is 1. The summed E-state index contributed by atoms with van der Waals surface area (Å²) in [7, 11) is 1.65. The van der Waals surface area contributed by atoms with Gasteiger partial charge in [-0.25, -0.2) is 13.9 Å². The Bertz CT molecular complexity index is 1270. The average Bonchev–Trinajstić information content (AvgIpc) is 3.28. The molecule has 5 rings (SSSR count). The molecular formula is C25H23FN4O2. The summed E-state index contributed by atoms with van der Waals surface area (Å²) in [4.78, 5) is 19.4. The van der Waals surface area contributed by atoms with E-state index in [1.54, 1.807) is 11.6 Å². The normalized spacial score (nSPS) is 16.3. The van der Waals surface area contributed by atoms with Crippen LogP contribution < -0.4 is 4.74 Å². The Morgan fingerprint density at radius 3 is 2.75 bits per heavy atom. The summed E-state index contributed by atoms with van der Waals surface area (Å²) in [5.41, 5.74) is 3.33. The van der Waals surface area contributed by atoms with Crippen LogP contribution in [0.15, 0.2) is 66.9 Å². The van der Waals surface area contributed by atoms with Crippen LogP contribution in [0.1, 0.15) is 34.9 Å². The molecule has 1 aliphatic heterocycles. The SMILES string of the molecule is COc1cccc(-c2ccc3nc([C@H]4CCCN(C(=O)c5ccc(F)cc5)C4)nn3c2)c1.